The Kier molecular flexibility index (Phi) is 2.73. The molecule has 0 spiro atoms. The number of aliphatic carboxylic acids is 1. The van der Waals surface area contributed by atoms with Crippen molar-refractivity contribution >= 4 is 5.97 Å². The van der Waals surface area contributed by atoms with Crippen LogP contribution in [0.3, 0.4) is 0 Å². The molecular formula is C9H17NO2. The molecule has 3 heteroatoms. The lowest BCUT2D eigenvalue weighted by molar-refractivity contribution is -0.141. The summed E-state index contributed by atoms with van der Waals surface area (Å²) in [6.45, 7) is 0.916. The maximum atomic E-state index is 10.6. The van der Waals surface area contributed by atoms with Gasteiger partial charge in [0.15, 0.2) is 0 Å². The standard InChI is InChI=1S/C9H17NO2/c1-10(2)7-9(4-3-5-9)6-8(11)12/h3-7H2,1-2H3,(H,11,12). The molecule has 70 valence electrons. The smallest absolute Gasteiger partial charge is 0.303 e. The molecule has 0 saturated heterocycles. The summed E-state index contributed by atoms with van der Waals surface area (Å²) in [5, 5.41) is 8.71. The molecule has 1 fully saturated rings. The van der Waals surface area contributed by atoms with Gasteiger partial charge in [0, 0.05) is 6.54 Å². The molecule has 0 heterocycles. The van der Waals surface area contributed by atoms with Crippen LogP contribution in [-0.2, 0) is 4.79 Å². The number of carboxylic acids is 1. The van der Waals surface area contributed by atoms with Crippen molar-refractivity contribution in [1.29, 1.82) is 0 Å². The second-order valence-electron chi connectivity index (χ2n) is 4.16. The van der Waals surface area contributed by atoms with Crippen LogP contribution in [0.2, 0.25) is 0 Å². The van der Waals surface area contributed by atoms with E-state index in [1.165, 1.54) is 6.42 Å². The van der Waals surface area contributed by atoms with E-state index in [0.29, 0.717) is 6.42 Å². The monoisotopic (exact) mass is 171 g/mol. The molecule has 1 aliphatic carbocycles. The molecule has 0 aromatic heterocycles. The van der Waals surface area contributed by atoms with Crippen molar-refractivity contribution in [2.24, 2.45) is 5.41 Å². The molecule has 0 unspecified atom stereocenters. The van der Waals surface area contributed by atoms with Crippen LogP contribution in [-0.4, -0.2) is 36.6 Å². The minimum Gasteiger partial charge on any atom is -0.481 e. The van der Waals surface area contributed by atoms with Crippen molar-refractivity contribution in [3.05, 3.63) is 0 Å². The van der Waals surface area contributed by atoms with Crippen LogP contribution in [0.15, 0.2) is 0 Å². The van der Waals surface area contributed by atoms with Crippen LogP contribution in [0.25, 0.3) is 0 Å². The Morgan fingerprint density at radius 2 is 2.08 bits per heavy atom. The van der Waals surface area contributed by atoms with Gasteiger partial charge in [-0.15, -0.1) is 0 Å². The fourth-order valence-corrected chi connectivity index (χ4v) is 2.06. The Labute approximate surface area is 73.4 Å². The second-order valence-corrected chi connectivity index (χ2v) is 4.16. The quantitative estimate of drug-likeness (QED) is 0.690. The zero-order chi connectivity index (χ0) is 9.19. The second kappa shape index (κ2) is 3.44. The zero-order valence-corrected chi connectivity index (χ0v) is 7.84. The van der Waals surface area contributed by atoms with Gasteiger partial charge in [-0.25, -0.2) is 0 Å². The molecule has 0 aromatic carbocycles. The SMILES string of the molecule is CN(C)CC1(CC(=O)O)CCC1. The average Bonchev–Trinajstić information content (AvgIpc) is 1.80. The molecule has 0 aromatic rings. The van der Waals surface area contributed by atoms with Gasteiger partial charge in [0.05, 0.1) is 6.42 Å². The number of carboxylic acid groups (broad SMARTS) is 1. The summed E-state index contributed by atoms with van der Waals surface area (Å²) in [4.78, 5) is 12.7. The Morgan fingerprint density at radius 3 is 2.33 bits per heavy atom. The maximum absolute atomic E-state index is 10.6. The van der Waals surface area contributed by atoms with Gasteiger partial charge in [0.1, 0.15) is 0 Å². The van der Waals surface area contributed by atoms with Gasteiger partial charge in [-0.05, 0) is 32.4 Å². The number of rotatable bonds is 4. The Hall–Kier alpha value is -0.570. The lowest BCUT2D eigenvalue weighted by Crippen LogP contribution is -2.41. The summed E-state index contributed by atoms with van der Waals surface area (Å²) in [7, 11) is 4.00. The minimum atomic E-state index is -0.656. The first kappa shape index (κ1) is 9.52. The summed E-state index contributed by atoms with van der Waals surface area (Å²) in [6.07, 6.45) is 3.70. The molecule has 0 radical (unpaired) electrons. The van der Waals surface area contributed by atoms with Crippen LogP contribution in [0.1, 0.15) is 25.7 Å². The van der Waals surface area contributed by atoms with Gasteiger partial charge >= 0.3 is 5.97 Å². The first-order valence-electron chi connectivity index (χ1n) is 4.41. The number of hydrogen-bond acceptors (Lipinski definition) is 2. The summed E-state index contributed by atoms with van der Waals surface area (Å²) >= 11 is 0. The van der Waals surface area contributed by atoms with Crippen molar-refractivity contribution in [2.45, 2.75) is 25.7 Å². The molecule has 0 bridgehead atoms. The molecule has 0 aliphatic heterocycles. The Morgan fingerprint density at radius 1 is 1.50 bits per heavy atom. The first-order valence-corrected chi connectivity index (χ1v) is 4.41. The fourth-order valence-electron chi connectivity index (χ4n) is 2.06. The molecule has 1 aliphatic rings. The van der Waals surface area contributed by atoms with Crippen molar-refractivity contribution in [2.75, 3.05) is 20.6 Å². The summed E-state index contributed by atoms with van der Waals surface area (Å²) < 4.78 is 0. The summed E-state index contributed by atoms with van der Waals surface area (Å²) in [6, 6.07) is 0. The van der Waals surface area contributed by atoms with Crippen LogP contribution < -0.4 is 0 Å². The molecule has 0 amide bonds. The maximum Gasteiger partial charge on any atom is 0.303 e. The van der Waals surface area contributed by atoms with Crippen molar-refractivity contribution < 1.29 is 9.90 Å². The predicted octanol–water partition coefficient (Wildman–Crippen LogP) is 1.19. The summed E-state index contributed by atoms with van der Waals surface area (Å²) in [5.41, 5.74) is 0.0926. The van der Waals surface area contributed by atoms with E-state index in [-0.39, 0.29) is 5.41 Å². The molecular weight excluding hydrogens is 154 g/mol. The molecule has 1 rings (SSSR count). The largest absolute Gasteiger partial charge is 0.481 e. The molecule has 3 nitrogen and oxygen atoms in total. The normalized spacial score (nSPS) is 20.6. The lowest BCUT2D eigenvalue weighted by Gasteiger charge is -2.42. The number of hydrogen-bond donors (Lipinski definition) is 1. The van der Waals surface area contributed by atoms with Gasteiger partial charge in [0.25, 0.3) is 0 Å². The van der Waals surface area contributed by atoms with Crippen LogP contribution in [0.5, 0.6) is 0 Å². The highest BCUT2D eigenvalue weighted by molar-refractivity contribution is 5.67. The Balaban J connectivity index is 2.45. The average molecular weight is 171 g/mol. The van der Waals surface area contributed by atoms with Gasteiger partial charge in [-0.2, -0.15) is 0 Å². The van der Waals surface area contributed by atoms with Gasteiger partial charge in [-0.1, -0.05) is 6.42 Å². The molecule has 1 N–H and O–H groups in total. The van der Waals surface area contributed by atoms with E-state index in [9.17, 15) is 4.79 Å². The molecule has 0 atom stereocenters. The van der Waals surface area contributed by atoms with Gasteiger partial charge in [0.2, 0.25) is 0 Å². The van der Waals surface area contributed by atoms with Crippen molar-refractivity contribution in [3.63, 3.8) is 0 Å². The third-order valence-electron chi connectivity index (χ3n) is 2.59. The third-order valence-corrected chi connectivity index (χ3v) is 2.59. The summed E-state index contributed by atoms with van der Waals surface area (Å²) in [5.74, 6) is -0.656. The van der Waals surface area contributed by atoms with Crippen molar-refractivity contribution in [1.82, 2.24) is 4.90 Å². The minimum absolute atomic E-state index is 0.0926. The zero-order valence-electron chi connectivity index (χ0n) is 7.84. The van der Waals surface area contributed by atoms with E-state index in [4.69, 9.17) is 5.11 Å². The van der Waals surface area contributed by atoms with E-state index in [1.807, 2.05) is 14.1 Å². The number of carbonyl (C=O) groups is 1. The van der Waals surface area contributed by atoms with E-state index in [1.54, 1.807) is 0 Å². The van der Waals surface area contributed by atoms with Gasteiger partial charge < -0.3 is 10.0 Å². The van der Waals surface area contributed by atoms with Crippen LogP contribution in [0, 0.1) is 5.41 Å². The highest BCUT2D eigenvalue weighted by Gasteiger charge is 2.39. The lowest BCUT2D eigenvalue weighted by atomic mass is 9.66. The van der Waals surface area contributed by atoms with E-state index in [2.05, 4.69) is 4.90 Å². The third kappa shape index (κ3) is 2.21. The van der Waals surface area contributed by atoms with E-state index >= 15 is 0 Å². The molecule has 12 heavy (non-hydrogen) atoms. The van der Waals surface area contributed by atoms with Crippen LogP contribution >= 0.6 is 0 Å². The topological polar surface area (TPSA) is 40.5 Å². The number of nitrogens with zero attached hydrogens (tertiary/aromatic N) is 1. The fraction of sp³-hybridized carbons (Fsp3) is 0.889. The molecule has 1 saturated carbocycles. The van der Waals surface area contributed by atoms with Crippen molar-refractivity contribution in [3.8, 4) is 0 Å². The Bertz CT molecular complexity index is 173. The highest BCUT2D eigenvalue weighted by Crippen LogP contribution is 2.44. The first-order chi connectivity index (χ1) is 5.54. The van der Waals surface area contributed by atoms with E-state index < -0.39 is 5.97 Å². The predicted molar refractivity (Wildman–Crippen MR) is 47.1 cm³/mol. The van der Waals surface area contributed by atoms with Gasteiger partial charge in [-0.3, -0.25) is 4.79 Å². The van der Waals surface area contributed by atoms with E-state index in [0.717, 1.165) is 19.4 Å². The van der Waals surface area contributed by atoms with Crippen LogP contribution in [0.4, 0.5) is 0 Å². The highest BCUT2D eigenvalue weighted by atomic mass is 16.4.